The van der Waals surface area contributed by atoms with Crippen LogP contribution in [-0.4, -0.2) is 4.98 Å². The molecule has 0 amide bonds. The van der Waals surface area contributed by atoms with Gasteiger partial charge in [0.1, 0.15) is 0 Å². The summed E-state index contributed by atoms with van der Waals surface area (Å²) in [5, 5.41) is 2.44. The molecule has 0 saturated heterocycles. The normalized spacial score (nSPS) is 10.0. The van der Waals surface area contributed by atoms with Crippen molar-refractivity contribution in [2.75, 3.05) is 0 Å². The number of hydrogen-bond donors (Lipinski definition) is 1. The first-order valence-corrected chi connectivity index (χ1v) is 4.90. The van der Waals surface area contributed by atoms with Gasteiger partial charge in [-0.25, -0.2) is 17.7 Å². The van der Waals surface area contributed by atoms with Crippen molar-refractivity contribution >= 4 is 10.8 Å². The summed E-state index contributed by atoms with van der Waals surface area (Å²) in [5.74, 6) is 0. The average molecular weight is 280 g/mol. The Balaban J connectivity index is 0.000000963. The third kappa shape index (κ3) is 1.98. The number of benzene rings is 2. The SMILES string of the molecule is [Y].[c-]1cc[nH]c1-c1[c-]ccc2ccccc12. The van der Waals surface area contributed by atoms with E-state index in [9.17, 15) is 0 Å². The number of aromatic amines is 1. The summed E-state index contributed by atoms with van der Waals surface area (Å²) in [5.41, 5.74) is 2.07. The molecule has 0 bridgehead atoms. The predicted octanol–water partition coefficient (Wildman–Crippen LogP) is 3.43. The number of fused-ring (bicyclic) bond motifs is 1. The Morgan fingerprint density at radius 3 is 2.62 bits per heavy atom. The van der Waals surface area contributed by atoms with Crippen LogP contribution in [0, 0.1) is 12.1 Å². The molecule has 0 aliphatic heterocycles. The van der Waals surface area contributed by atoms with Crippen LogP contribution in [0.3, 0.4) is 0 Å². The first-order chi connectivity index (χ1) is 7.45. The van der Waals surface area contributed by atoms with E-state index >= 15 is 0 Å². The second kappa shape index (κ2) is 4.94. The molecule has 0 spiro atoms. The second-order valence-corrected chi connectivity index (χ2v) is 3.44. The van der Waals surface area contributed by atoms with Gasteiger partial charge in [-0.05, 0) is 0 Å². The van der Waals surface area contributed by atoms with Gasteiger partial charge in [0.05, 0.1) is 0 Å². The molecule has 0 fully saturated rings. The summed E-state index contributed by atoms with van der Waals surface area (Å²) in [6.45, 7) is 0. The fourth-order valence-electron chi connectivity index (χ4n) is 1.81. The molecule has 1 heterocycles. The molecule has 2 heteroatoms. The first-order valence-electron chi connectivity index (χ1n) is 4.90. The summed E-state index contributed by atoms with van der Waals surface area (Å²) in [6, 6.07) is 20.6. The van der Waals surface area contributed by atoms with Crippen molar-refractivity contribution in [1.82, 2.24) is 4.98 Å². The Morgan fingerprint density at radius 1 is 0.938 bits per heavy atom. The van der Waals surface area contributed by atoms with Crippen LogP contribution in [-0.2, 0) is 32.7 Å². The maximum absolute atomic E-state index is 3.25. The van der Waals surface area contributed by atoms with E-state index in [0.717, 1.165) is 11.3 Å². The van der Waals surface area contributed by atoms with Crippen LogP contribution in [0.4, 0.5) is 0 Å². The molecule has 1 nitrogen and oxygen atoms in total. The minimum Gasteiger partial charge on any atom is -0.474 e. The Hall–Kier alpha value is -0.916. The summed E-state index contributed by atoms with van der Waals surface area (Å²) in [6.07, 6.45) is 1.88. The van der Waals surface area contributed by atoms with E-state index in [1.54, 1.807) is 0 Å². The Morgan fingerprint density at radius 2 is 1.81 bits per heavy atom. The molecule has 1 aromatic heterocycles. The Kier molecular flexibility index (Phi) is 3.57. The van der Waals surface area contributed by atoms with Crippen molar-refractivity contribution < 1.29 is 32.7 Å². The molecule has 2 aromatic carbocycles. The van der Waals surface area contributed by atoms with Gasteiger partial charge in [0.25, 0.3) is 0 Å². The average Bonchev–Trinajstić information content (AvgIpc) is 2.82. The molecule has 0 unspecified atom stereocenters. The number of hydrogen-bond acceptors (Lipinski definition) is 0. The number of rotatable bonds is 1. The van der Waals surface area contributed by atoms with Crippen LogP contribution in [0.2, 0.25) is 0 Å². The Bertz CT molecular complexity index is 579. The predicted molar refractivity (Wildman–Crippen MR) is 61.4 cm³/mol. The third-order valence-corrected chi connectivity index (χ3v) is 2.51. The van der Waals surface area contributed by atoms with Crippen molar-refractivity contribution in [3.05, 3.63) is 60.8 Å². The molecule has 16 heavy (non-hydrogen) atoms. The van der Waals surface area contributed by atoms with E-state index < -0.39 is 0 Å². The van der Waals surface area contributed by atoms with Crippen LogP contribution < -0.4 is 0 Å². The molecule has 1 radical (unpaired) electrons. The molecule has 1 N–H and O–H groups in total. The van der Waals surface area contributed by atoms with Gasteiger partial charge in [0.15, 0.2) is 0 Å². The van der Waals surface area contributed by atoms with Crippen molar-refractivity contribution in [2.45, 2.75) is 0 Å². The molecular formula is C14H9NY-2. The molecule has 0 saturated carbocycles. The maximum atomic E-state index is 3.25. The molecule has 0 atom stereocenters. The van der Waals surface area contributed by atoms with Crippen LogP contribution in [0.25, 0.3) is 22.0 Å². The molecular weight excluding hydrogens is 271 g/mol. The van der Waals surface area contributed by atoms with Crippen molar-refractivity contribution in [3.63, 3.8) is 0 Å². The zero-order valence-corrected chi connectivity index (χ0v) is 11.5. The van der Waals surface area contributed by atoms with Gasteiger partial charge >= 0.3 is 0 Å². The van der Waals surface area contributed by atoms with E-state index in [4.69, 9.17) is 0 Å². The fraction of sp³-hybridized carbons (Fsp3) is 0. The second-order valence-electron chi connectivity index (χ2n) is 3.44. The van der Waals surface area contributed by atoms with Gasteiger partial charge in [-0.15, -0.1) is 23.7 Å². The van der Waals surface area contributed by atoms with Crippen LogP contribution in [0.5, 0.6) is 0 Å². The van der Waals surface area contributed by atoms with E-state index in [-0.39, 0.29) is 32.7 Å². The topological polar surface area (TPSA) is 15.8 Å². The number of nitrogens with one attached hydrogen (secondary N) is 1. The molecule has 3 rings (SSSR count). The summed E-state index contributed by atoms with van der Waals surface area (Å²) < 4.78 is 0. The van der Waals surface area contributed by atoms with E-state index in [0.29, 0.717) is 0 Å². The van der Waals surface area contributed by atoms with Crippen molar-refractivity contribution in [2.24, 2.45) is 0 Å². The summed E-state index contributed by atoms with van der Waals surface area (Å²) in [7, 11) is 0. The first kappa shape index (κ1) is 11.6. The van der Waals surface area contributed by atoms with Gasteiger partial charge in [-0.1, -0.05) is 18.2 Å². The molecule has 75 valence electrons. The largest absolute Gasteiger partial charge is 0.474 e. The van der Waals surface area contributed by atoms with Gasteiger partial charge in [-0.2, -0.15) is 23.2 Å². The third-order valence-electron chi connectivity index (χ3n) is 2.51. The minimum absolute atomic E-state index is 0. The maximum Gasteiger partial charge on any atom is 0 e. The van der Waals surface area contributed by atoms with Crippen molar-refractivity contribution in [3.8, 4) is 11.3 Å². The van der Waals surface area contributed by atoms with Gasteiger partial charge in [0.2, 0.25) is 0 Å². The quantitative estimate of drug-likeness (QED) is 0.657. The van der Waals surface area contributed by atoms with Crippen LogP contribution in [0.1, 0.15) is 0 Å². The summed E-state index contributed by atoms with van der Waals surface area (Å²) in [4.78, 5) is 3.16. The summed E-state index contributed by atoms with van der Waals surface area (Å²) >= 11 is 0. The van der Waals surface area contributed by atoms with E-state index in [1.807, 2.05) is 30.5 Å². The zero-order chi connectivity index (χ0) is 10.1. The van der Waals surface area contributed by atoms with Crippen LogP contribution >= 0.6 is 0 Å². The van der Waals surface area contributed by atoms with E-state index in [1.165, 1.54) is 10.8 Å². The zero-order valence-electron chi connectivity index (χ0n) is 8.70. The number of aromatic nitrogens is 1. The fourth-order valence-corrected chi connectivity index (χ4v) is 1.81. The van der Waals surface area contributed by atoms with Crippen LogP contribution in [0.15, 0.2) is 48.7 Å². The minimum atomic E-state index is 0. The smallest absolute Gasteiger partial charge is 0 e. The number of H-pyrrole nitrogens is 1. The van der Waals surface area contributed by atoms with Gasteiger partial charge in [0, 0.05) is 32.7 Å². The van der Waals surface area contributed by atoms with Crippen molar-refractivity contribution in [1.29, 1.82) is 0 Å². The Labute approximate surface area is 120 Å². The van der Waals surface area contributed by atoms with E-state index in [2.05, 4.69) is 35.3 Å². The van der Waals surface area contributed by atoms with Gasteiger partial charge in [-0.3, -0.25) is 0 Å². The monoisotopic (exact) mass is 280 g/mol. The molecule has 0 aliphatic carbocycles. The molecule has 0 aliphatic rings. The van der Waals surface area contributed by atoms with Gasteiger partial charge < -0.3 is 4.98 Å². The standard InChI is InChI=1S/C14H9N.Y/c1-2-7-12-11(5-1)6-3-8-13(12)14-9-4-10-15-14;/h1-7,10,15H;/q-2;. The molecule has 3 aromatic rings.